The number of benzene rings is 1. The number of nitrogens with zero attached hydrogens (tertiary/aromatic N) is 1. The number of aromatic hydroxyl groups is 1. The van der Waals surface area contributed by atoms with E-state index in [9.17, 15) is 5.11 Å². The van der Waals surface area contributed by atoms with Crippen LogP contribution < -0.4 is 0 Å². The van der Waals surface area contributed by atoms with Crippen molar-refractivity contribution < 1.29 is 5.11 Å². The molecule has 0 unspecified atom stereocenters. The van der Waals surface area contributed by atoms with Gasteiger partial charge < -0.3 is 5.11 Å². The average Bonchev–Trinajstić information content (AvgIpc) is 2.56. The van der Waals surface area contributed by atoms with Crippen LogP contribution in [0.1, 0.15) is 96.8 Å². The van der Waals surface area contributed by atoms with E-state index < -0.39 is 0 Å². The maximum absolute atomic E-state index is 11.1. The third kappa shape index (κ3) is 5.63. The maximum atomic E-state index is 11.1. The van der Waals surface area contributed by atoms with E-state index in [4.69, 9.17) is 5.26 Å². The summed E-state index contributed by atoms with van der Waals surface area (Å²) in [5, 5.41) is 20.0. The molecule has 0 atom stereocenters. The number of unbranched alkanes of at least 4 members (excludes halogenated alkanes) is 2. The van der Waals surface area contributed by atoms with Gasteiger partial charge in [-0.25, -0.2) is 0 Å². The number of hydrogen-bond acceptors (Lipinski definition) is 2. The molecule has 138 valence electrons. The maximum Gasteiger partial charge on any atom is 0.123 e. The summed E-state index contributed by atoms with van der Waals surface area (Å²) in [7, 11) is 0. The summed E-state index contributed by atoms with van der Waals surface area (Å²) >= 11 is 0. The van der Waals surface area contributed by atoms with Gasteiger partial charge in [0, 0.05) is 17.2 Å². The van der Waals surface area contributed by atoms with Gasteiger partial charge in [-0.2, -0.15) is 5.26 Å². The largest absolute Gasteiger partial charge is 0.507 e. The van der Waals surface area contributed by atoms with Crippen molar-refractivity contribution in [2.24, 2.45) is 0 Å². The first-order chi connectivity index (χ1) is 11.7. The van der Waals surface area contributed by atoms with Gasteiger partial charge in [0.2, 0.25) is 0 Å². The summed E-state index contributed by atoms with van der Waals surface area (Å²) in [6, 6.07) is 6.18. The lowest BCUT2D eigenvalue weighted by atomic mass is 9.73. The average molecular weight is 342 g/mol. The van der Waals surface area contributed by atoms with Crippen LogP contribution in [0.3, 0.4) is 0 Å². The van der Waals surface area contributed by atoms with Crippen molar-refractivity contribution in [3.05, 3.63) is 34.9 Å². The molecular formula is C23H35NO. The highest BCUT2D eigenvalue weighted by molar-refractivity contribution is 5.60. The fourth-order valence-electron chi connectivity index (χ4n) is 3.43. The first kappa shape index (κ1) is 21.3. The highest BCUT2D eigenvalue weighted by Gasteiger charge is 2.30. The number of nitriles is 1. The van der Waals surface area contributed by atoms with Crippen molar-refractivity contribution in [3.63, 3.8) is 0 Å². The third-order valence-electron chi connectivity index (χ3n) is 5.25. The minimum Gasteiger partial charge on any atom is -0.507 e. The molecule has 1 aromatic rings. The molecule has 2 nitrogen and oxygen atoms in total. The zero-order valence-corrected chi connectivity index (χ0v) is 16.9. The second-order valence-corrected chi connectivity index (χ2v) is 8.40. The minimum atomic E-state index is -0.0911. The quantitative estimate of drug-likeness (QED) is 0.498. The summed E-state index contributed by atoms with van der Waals surface area (Å²) in [5.41, 5.74) is 2.82. The molecule has 0 heterocycles. The fraction of sp³-hybridized carbons (Fsp3) is 0.609. The van der Waals surface area contributed by atoms with Gasteiger partial charge in [0.15, 0.2) is 0 Å². The van der Waals surface area contributed by atoms with Gasteiger partial charge in [-0.3, -0.25) is 0 Å². The van der Waals surface area contributed by atoms with Crippen molar-refractivity contribution >= 4 is 6.08 Å². The molecule has 0 aliphatic carbocycles. The van der Waals surface area contributed by atoms with Crippen molar-refractivity contribution in [2.75, 3.05) is 0 Å². The lowest BCUT2D eigenvalue weighted by Gasteiger charge is -2.32. The van der Waals surface area contributed by atoms with Crippen molar-refractivity contribution in [1.82, 2.24) is 0 Å². The van der Waals surface area contributed by atoms with Gasteiger partial charge in [-0.1, -0.05) is 67.2 Å². The van der Waals surface area contributed by atoms with Crippen molar-refractivity contribution in [1.29, 1.82) is 5.26 Å². The van der Waals surface area contributed by atoms with Gasteiger partial charge in [0.25, 0.3) is 0 Å². The van der Waals surface area contributed by atoms with Gasteiger partial charge >= 0.3 is 0 Å². The number of rotatable bonds is 9. The predicted molar refractivity (Wildman–Crippen MR) is 108 cm³/mol. The van der Waals surface area contributed by atoms with E-state index in [0.717, 1.165) is 55.2 Å². The SMILES string of the molecule is CCCCC(C)(C)c1cc(/C=C/C#N)cc(C(C)(C)CCCC)c1O. The Hall–Kier alpha value is -1.75. The molecule has 1 N–H and O–H groups in total. The van der Waals surface area contributed by atoms with Gasteiger partial charge in [-0.05, 0) is 47.4 Å². The fourth-order valence-corrected chi connectivity index (χ4v) is 3.43. The van der Waals surface area contributed by atoms with Crippen LogP contribution in [0.15, 0.2) is 18.2 Å². The van der Waals surface area contributed by atoms with Crippen molar-refractivity contribution in [3.8, 4) is 11.8 Å². The van der Waals surface area contributed by atoms with Crippen LogP contribution in [-0.2, 0) is 10.8 Å². The van der Waals surface area contributed by atoms with E-state index in [1.54, 1.807) is 0 Å². The van der Waals surface area contributed by atoms with Gasteiger partial charge in [-0.15, -0.1) is 0 Å². The molecule has 0 amide bonds. The van der Waals surface area contributed by atoms with Crippen LogP contribution in [-0.4, -0.2) is 5.11 Å². The zero-order chi connectivity index (χ0) is 19.1. The Labute approximate surface area is 154 Å². The Morgan fingerprint density at radius 3 is 1.76 bits per heavy atom. The molecule has 0 saturated carbocycles. The van der Waals surface area contributed by atoms with Crippen LogP contribution in [0.5, 0.6) is 5.75 Å². The van der Waals surface area contributed by atoms with E-state index in [-0.39, 0.29) is 10.8 Å². The van der Waals surface area contributed by atoms with E-state index in [1.165, 1.54) is 6.08 Å². The molecule has 0 aliphatic heterocycles. The molecule has 0 aromatic heterocycles. The van der Waals surface area contributed by atoms with Gasteiger partial charge in [0.1, 0.15) is 5.75 Å². The Kier molecular flexibility index (Phi) is 7.74. The second kappa shape index (κ2) is 9.09. The lowest BCUT2D eigenvalue weighted by Crippen LogP contribution is -2.22. The normalized spacial score (nSPS) is 12.5. The van der Waals surface area contributed by atoms with Crippen LogP contribution in [0, 0.1) is 11.3 Å². The molecule has 0 saturated heterocycles. The minimum absolute atomic E-state index is 0.0911. The molecule has 1 aromatic carbocycles. The smallest absolute Gasteiger partial charge is 0.123 e. The topological polar surface area (TPSA) is 44.0 Å². The second-order valence-electron chi connectivity index (χ2n) is 8.40. The predicted octanol–water partition coefficient (Wildman–Crippen LogP) is 6.86. The monoisotopic (exact) mass is 341 g/mol. The third-order valence-corrected chi connectivity index (χ3v) is 5.25. The first-order valence-electron chi connectivity index (χ1n) is 9.63. The van der Waals surface area contributed by atoms with E-state index in [2.05, 4.69) is 59.7 Å². The molecule has 0 bridgehead atoms. The highest BCUT2D eigenvalue weighted by Crippen LogP contribution is 2.43. The number of phenolic OH excluding ortho intramolecular Hbond substituents is 1. The first-order valence-corrected chi connectivity index (χ1v) is 9.63. The highest BCUT2D eigenvalue weighted by atomic mass is 16.3. The Morgan fingerprint density at radius 1 is 0.960 bits per heavy atom. The van der Waals surface area contributed by atoms with Crippen LogP contribution in [0.4, 0.5) is 0 Å². The lowest BCUT2D eigenvalue weighted by molar-refractivity contribution is 0.383. The molecule has 0 spiro atoms. The summed E-state index contributed by atoms with van der Waals surface area (Å²) < 4.78 is 0. The van der Waals surface area contributed by atoms with Crippen LogP contribution in [0.2, 0.25) is 0 Å². The summed E-state index contributed by atoms with van der Waals surface area (Å²) in [6.07, 6.45) is 10.0. The van der Waals surface area contributed by atoms with Crippen LogP contribution >= 0.6 is 0 Å². The van der Waals surface area contributed by atoms with E-state index in [1.807, 2.05) is 6.08 Å². The standard InChI is InChI=1S/C23H35NO/c1-7-9-13-22(3,4)19-16-18(12-11-15-24)17-20(21(19)25)23(5,6)14-10-8-2/h11-12,16-17,25H,7-10,13-14H2,1-6H3/b12-11+. The summed E-state index contributed by atoms with van der Waals surface area (Å²) in [5.74, 6) is 0.441. The Balaban J connectivity index is 3.49. The number of hydrogen-bond donors (Lipinski definition) is 1. The zero-order valence-electron chi connectivity index (χ0n) is 16.9. The molecule has 0 fully saturated rings. The molecular weight excluding hydrogens is 306 g/mol. The molecule has 1 rings (SSSR count). The molecule has 0 aliphatic rings. The van der Waals surface area contributed by atoms with E-state index in [0.29, 0.717) is 5.75 Å². The summed E-state index contributed by atoms with van der Waals surface area (Å²) in [6.45, 7) is 13.2. The van der Waals surface area contributed by atoms with Crippen molar-refractivity contribution in [2.45, 2.75) is 90.9 Å². The van der Waals surface area contributed by atoms with E-state index >= 15 is 0 Å². The summed E-state index contributed by atoms with van der Waals surface area (Å²) in [4.78, 5) is 0. The molecule has 2 heteroatoms. The Bertz CT molecular complexity index is 591. The number of phenols is 1. The number of allylic oxidation sites excluding steroid dienone is 1. The Morgan fingerprint density at radius 2 is 1.40 bits per heavy atom. The molecule has 25 heavy (non-hydrogen) atoms. The van der Waals surface area contributed by atoms with Crippen LogP contribution in [0.25, 0.3) is 6.08 Å². The van der Waals surface area contributed by atoms with Gasteiger partial charge in [0.05, 0.1) is 6.07 Å². The molecule has 0 radical (unpaired) electrons.